The molecule has 0 spiro atoms. The van der Waals surface area contributed by atoms with Crippen molar-refractivity contribution in [1.29, 1.82) is 0 Å². The van der Waals surface area contributed by atoms with Crippen molar-refractivity contribution in [1.82, 2.24) is 15.1 Å². The Hall–Kier alpha value is -3.19. The molecule has 0 saturated carbocycles. The molecule has 1 aliphatic rings. The Morgan fingerprint density at radius 1 is 1.26 bits per heavy atom. The van der Waals surface area contributed by atoms with E-state index in [1.807, 2.05) is 6.92 Å². The Morgan fingerprint density at radius 2 is 2.04 bits per heavy atom. The van der Waals surface area contributed by atoms with Gasteiger partial charge in [-0.3, -0.25) is 9.89 Å². The number of hydrogen-bond acceptors (Lipinski definition) is 4. The predicted octanol–water partition coefficient (Wildman–Crippen LogP) is 2.77. The molecular weight excluding hydrogens is 349 g/mol. The highest BCUT2D eigenvalue weighted by atomic mass is 19.1. The summed E-state index contributed by atoms with van der Waals surface area (Å²) in [5.41, 5.74) is 2.83. The molecule has 1 amide bonds. The van der Waals surface area contributed by atoms with E-state index < -0.39 is 11.9 Å². The third-order valence-electron chi connectivity index (χ3n) is 4.81. The van der Waals surface area contributed by atoms with Crippen molar-refractivity contribution in [2.45, 2.75) is 13.0 Å². The van der Waals surface area contributed by atoms with Crippen LogP contribution in [0.2, 0.25) is 0 Å². The first-order valence-corrected chi connectivity index (χ1v) is 8.57. The number of hydrogen-bond donors (Lipinski definition) is 3. The van der Waals surface area contributed by atoms with Gasteiger partial charge >= 0.3 is 0 Å². The van der Waals surface area contributed by atoms with Crippen molar-refractivity contribution < 1.29 is 19.4 Å². The van der Waals surface area contributed by atoms with Gasteiger partial charge in [0.1, 0.15) is 23.0 Å². The Bertz CT molecular complexity index is 1030. The number of rotatable bonds is 4. The third-order valence-corrected chi connectivity index (χ3v) is 4.81. The molecule has 1 unspecified atom stereocenters. The van der Waals surface area contributed by atoms with E-state index in [1.54, 1.807) is 36.4 Å². The normalized spacial score (nSPS) is 16.0. The molecule has 0 saturated heterocycles. The zero-order valence-corrected chi connectivity index (χ0v) is 14.6. The van der Waals surface area contributed by atoms with Crippen molar-refractivity contribution >= 4 is 5.91 Å². The summed E-state index contributed by atoms with van der Waals surface area (Å²) in [5, 5.41) is 26.7. The van der Waals surface area contributed by atoms with Crippen LogP contribution in [0.3, 0.4) is 0 Å². The van der Waals surface area contributed by atoms with E-state index >= 15 is 0 Å². The van der Waals surface area contributed by atoms with Crippen LogP contribution in [0.1, 0.15) is 33.2 Å². The molecule has 0 aliphatic carbocycles. The number of fused-ring (bicyclic) bond motifs is 1. The molecular formula is C20H18FN3O3. The number of aliphatic hydroxyl groups excluding tert-OH is 1. The van der Waals surface area contributed by atoms with Crippen LogP contribution in [0.25, 0.3) is 11.3 Å². The highest BCUT2D eigenvalue weighted by Gasteiger charge is 2.43. The quantitative estimate of drug-likeness (QED) is 0.661. The van der Waals surface area contributed by atoms with Crippen molar-refractivity contribution in [3.63, 3.8) is 0 Å². The maximum atomic E-state index is 14.6. The first-order valence-electron chi connectivity index (χ1n) is 8.57. The molecule has 4 rings (SSSR count). The fourth-order valence-corrected chi connectivity index (χ4v) is 3.60. The minimum atomic E-state index is -0.741. The molecule has 0 radical (unpaired) electrons. The zero-order chi connectivity index (χ0) is 19.1. The number of H-pyrrole nitrogens is 1. The molecule has 1 aliphatic heterocycles. The molecule has 1 atom stereocenters. The SMILES string of the molecule is Cc1ccc(O)c(-c2n[nH]c3c2C(c2ccccc2F)N(CCO)C3=O)c1. The van der Waals surface area contributed by atoms with Crippen molar-refractivity contribution in [2.75, 3.05) is 13.2 Å². The molecule has 138 valence electrons. The van der Waals surface area contributed by atoms with Crippen LogP contribution < -0.4 is 0 Å². The van der Waals surface area contributed by atoms with Gasteiger partial charge in [0, 0.05) is 23.2 Å². The molecule has 2 heterocycles. The average Bonchev–Trinajstić information content (AvgIpc) is 3.18. The fraction of sp³-hybridized carbons (Fsp3) is 0.200. The second kappa shape index (κ2) is 6.51. The number of aryl methyl sites for hydroxylation is 1. The van der Waals surface area contributed by atoms with Gasteiger partial charge in [-0.2, -0.15) is 5.10 Å². The van der Waals surface area contributed by atoms with Crippen LogP contribution in [0.15, 0.2) is 42.5 Å². The highest BCUT2D eigenvalue weighted by Crippen LogP contribution is 2.44. The van der Waals surface area contributed by atoms with E-state index in [4.69, 9.17) is 0 Å². The number of nitrogens with one attached hydrogen (secondary N) is 1. The monoisotopic (exact) mass is 367 g/mol. The topological polar surface area (TPSA) is 89.5 Å². The highest BCUT2D eigenvalue weighted by molar-refractivity contribution is 6.00. The van der Waals surface area contributed by atoms with Gasteiger partial charge in [-0.05, 0) is 25.1 Å². The minimum absolute atomic E-state index is 0.0234. The van der Waals surface area contributed by atoms with Gasteiger partial charge in [0.05, 0.1) is 12.6 Å². The second-order valence-corrected chi connectivity index (χ2v) is 6.53. The first kappa shape index (κ1) is 17.2. The molecule has 27 heavy (non-hydrogen) atoms. The summed E-state index contributed by atoms with van der Waals surface area (Å²) in [6, 6.07) is 10.6. The van der Waals surface area contributed by atoms with Gasteiger partial charge in [0.25, 0.3) is 5.91 Å². The second-order valence-electron chi connectivity index (χ2n) is 6.53. The number of aromatic nitrogens is 2. The van der Waals surface area contributed by atoms with Crippen LogP contribution >= 0.6 is 0 Å². The van der Waals surface area contributed by atoms with Gasteiger partial charge in [-0.15, -0.1) is 0 Å². The maximum absolute atomic E-state index is 14.6. The summed E-state index contributed by atoms with van der Waals surface area (Å²) >= 11 is 0. The van der Waals surface area contributed by atoms with E-state index in [0.29, 0.717) is 22.4 Å². The summed E-state index contributed by atoms with van der Waals surface area (Å²) in [4.78, 5) is 14.3. The lowest BCUT2D eigenvalue weighted by molar-refractivity contribution is 0.0704. The molecule has 3 aromatic rings. The fourth-order valence-electron chi connectivity index (χ4n) is 3.60. The Balaban J connectivity index is 1.96. The third kappa shape index (κ3) is 2.67. The van der Waals surface area contributed by atoms with Gasteiger partial charge in [0.2, 0.25) is 0 Å². The number of benzene rings is 2. The average molecular weight is 367 g/mol. The number of carbonyl (C=O) groups is 1. The number of nitrogens with zero attached hydrogens (tertiary/aromatic N) is 2. The zero-order valence-electron chi connectivity index (χ0n) is 14.6. The van der Waals surface area contributed by atoms with E-state index in [0.717, 1.165) is 5.56 Å². The van der Waals surface area contributed by atoms with E-state index in [1.165, 1.54) is 11.0 Å². The number of phenols is 1. The smallest absolute Gasteiger partial charge is 0.273 e. The molecule has 6 nitrogen and oxygen atoms in total. The van der Waals surface area contributed by atoms with Crippen molar-refractivity contribution in [2.24, 2.45) is 0 Å². The summed E-state index contributed by atoms with van der Waals surface area (Å²) in [6.07, 6.45) is 0. The summed E-state index contributed by atoms with van der Waals surface area (Å²) in [7, 11) is 0. The Kier molecular flexibility index (Phi) is 4.16. The standard InChI is InChI=1S/C20H18FN3O3/c1-11-6-7-15(26)13(10-11)17-16-18(23-22-17)20(27)24(8-9-25)19(16)12-4-2-3-5-14(12)21/h2-7,10,19,25-26H,8-9H2,1H3,(H,22,23). The van der Waals surface area contributed by atoms with E-state index in [2.05, 4.69) is 10.2 Å². The lowest BCUT2D eigenvalue weighted by Crippen LogP contribution is -2.32. The van der Waals surface area contributed by atoms with Crippen LogP contribution in [0, 0.1) is 12.7 Å². The lowest BCUT2D eigenvalue weighted by Gasteiger charge is -2.26. The number of aliphatic hydroxyl groups is 1. The summed E-state index contributed by atoms with van der Waals surface area (Å²) in [6.45, 7) is 1.69. The van der Waals surface area contributed by atoms with Crippen LogP contribution in [-0.2, 0) is 0 Å². The van der Waals surface area contributed by atoms with Crippen LogP contribution in [-0.4, -0.2) is 44.4 Å². The Labute approximate surface area is 154 Å². The summed E-state index contributed by atoms with van der Waals surface area (Å²) < 4.78 is 14.6. The molecule has 3 N–H and O–H groups in total. The van der Waals surface area contributed by atoms with Crippen molar-refractivity contribution in [3.05, 3.63) is 70.7 Å². The molecule has 7 heteroatoms. The first-order chi connectivity index (χ1) is 13.0. The van der Waals surface area contributed by atoms with Gasteiger partial charge in [0.15, 0.2) is 0 Å². The van der Waals surface area contributed by atoms with Gasteiger partial charge in [-0.1, -0.05) is 29.8 Å². The van der Waals surface area contributed by atoms with E-state index in [-0.39, 0.29) is 30.5 Å². The number of aromatic amines is 1. The van der Waals surface area contributed by atoms with Crippen molar-refractivity contribution in [3.8, 4) is 17.0 Å². The van der Waals surface area contributed by atoms with Gasteiger partial charge < -0.3 is 15.1 Å². The maximum Gasteiger partial charge on any atom is 0.273 e. The molecule has 0 fully saturated rings. The predicted molar refractivity (Wildman–Crippen MR) is 96.8 cm³/mol. The number of halogens is 1. The summed E-state index contributed by atoms with van der Waals surface area (Å²) in [5.74, 6) is -0.792. The number of aromatic hydroxyl groups is 1. The molecule has 2 aromatic carbocycles. The van der Waals surface area contributed by atoms with Gasteiger partial charge in [-0.25, -0.2) is 4.39 Å². The number of amides is 1. The molecule has 1 aromatic heterocycles. The molecule has 0 bridgehead atoms. The number of carbonyl (C=O) groups excluding carboxylic acids is 1. The number of phenolic OH excluding ortho intramolecular Hbond substituents is 1. The minimum Gasteiger partial charge on any atom is -0.507 e. The largest absolute Gasteiger partial charge is 0.507 e. The van der Waals surface area contributed by atoms with Crippen LogP contribution in [0.5, 0.6) is 5.75 Å². The Morgan fingerprint density at radius 3 is 2.78 bits per heavy atom. The number of β-amino-alcohol motifs (C(OH)–C–C–N with tert-alkyl or cyclic N) is 1. The van der Waals surface area contributed by atoms with Crippen LogP contribution in [0.4, 0.5) is 4.39 Å². The lowest BCUT2D eigenvalue weighted by atomic mass is 9.95. The van der Waals surface area contributed by atoms with E-state index in [9.17, 15) is 19.4 Å².